The third-order valence-corrected chi connectivity index (χ3v) is 5.24. The van der Waals surface area contributed by atoms with Crippen molar-refractivity contribution in [2.24, 2.45) is 0 Å². The van der Waals surface area contributed by atoms with Crippen LogP contribution in [0.1, 0.15) is 18.7 Å². The number of amides is 1. The molecule has 1 amide bonds. The summed E-state index contributed by atoms with van der Waals surface area (Å²) in [4.78, 5) is 25.2. The molecule has 0 aliphatic carbocycles. The van der Waals surface area contributed by atoms with Gasteiger partial charge in [-0.05, 0) is 19.9 Å². The van der Waals surface area contributed by atoms with Crippen molar-refractivity contribution in [2.45, 2.75) is 19.9 Å². The van der Waals surface area contributed by atoms with E-state index in [1.54, 1.807) is 25.4 Å². The Labute approximate surface area is 143 Å². The van der Waals surface area contributed by atoms with E-state index in [9.17, 15) is 9.59 Å². The van der Waals surface area contributed by atoms with Crippen LogP contribution in [0.4, 0.5) is 0 Å². The van der Waals surface area contributed by atoms with Crippen LogP contribution in [0.2, 0.25) is 0 Å². The van der Waals surface area contributed by atoms with Gasteiger partial charge in [-0.3, -0.25) is 9.59 Å². The number of nitrogens with zero attached hydrogens (tertiary/aromatic N) is 2. The number of nitrogens with one attached hydrogen (secondary N) is 1. The lowest BCUT2D eigenvalue weighted by molar-refractivity contribution is -0.124. The van der Waals surface area contributed by atoms with Crippen molar-refractivity contribution in [1.82, 2.24) is 15.1 Å². The molecule has 3 rings (SSSR count). The fourth-order valence-electron chi connectivity index (χ4n) is 2.68. The van der Waals surface area contributed by atoms with Crippen molar-refractivity contribution in [3.63, 3.8) is 0 Å². The Hall–Kier alpha value is -2.25. The maximum Gasteiger partial charge on any atom is 0.276 e. The summed E-state index contributed by atoms with van der Waals surface area (Å²) in [7, 11) is 1.57. The van der Waals surface area contributed by atoms with Crippen LogP contribution in [-0.4, -0.2) is 35.9 Å². The molecule has 6 nitrogen and oxygen atoms in total. The van der Waals surface area contributed by atoms with E-state index < -0.39 is 6.04 Å². The number of carbonyl (C=O) groups excluding carboxylic acids is 1. The zero-order chi connectivity index (χ0) is 17.3. The van der Waals surface area contributed by atoms with Crippen molar-refractivity contribution in [2.75, 3.05) is 20.3 Å². The van der Waals surface area contributed by atoms with Crippen LogP contribution < -0.4 is 10.9 Å². The number of aryl methyl sites for hydroxylation is 1. The fourth-order valence-corrected chi connectivity index (χ4v) is 3.81. The molecule has 0 unspecified atom stereocenters. The van der Waals surface area contributed by atoms with Gasteiger partial charge in [0.1, 0.15) is 6.04 Å². The molecule has 126 valence electrons. The summed E-state index contributed by atoms with van der Waals surface area (Å²) in [6.07, 6.45) is 0. The molecule has 0 saturated heterocycles. The maximum atomic E-state index is 12.9. The van der Waals surface area contributed by atoms with Gasteiger partial charge in [0.05, 0.1) is 22.4 Å². The van der Waals surface area contributed by atoms with Crippen molar-refractivity contribution >= 4 is 37.4 Å². The highest BCUT2D eigenvalue weighted by molar-refractivity contribution is 7.26. The number of aromatic nitrogens is 2. The standard InChI is InChI=1S/C17H19N3O3S/c1-10-15-14(12-6-4-5-7-13(12)24-15)17(22)20(19-10)11(2)16(21)18-8-9-23-3/h4-7,11H,8-9H2,1-3H3,(H,18,21)/t11-/m1/s1. The first-order chi connectivity index (χ1) is 11.5. The zero-order valence-corrected chi connectivity index (χ0v) is 14.6. The minimum absolute atomic E-state index is 0.234. The van der Waals surface area contributed by atoms with Gasteiger partial charge in [0.2, 0.25) is 5.91 Å². The second-order valence-corrected chi connectivity index (χ2v) is 6.65. The van der Waals surface area contributed by atoms with Crippen LogP contribution in [0, 0.1) is 6.92 Å². The van der Waals surface area contributed by atoms with Crippen LogP contribution in [0.25, 0.3) is 20.2 Å². The second kappa shape index (κ2) is 6.70. The minimum atomic E-state index is -0.684. The second-order valence-electron chi connectivity index (χ2n) is 5.60. The highest BCUT2D eigenvalue weighted by atomic mass is 32.1. The summed E-state index contributed by atoms with van der Waals surface area (Å²) < 4.78 is 8.12. The molecule has 0 aliphatic rings. The normalized spacial score (nSPS) is 12.6. The van der Waals surface area contributed by atoms with Crippen LogP contribution in [0.15, 0.2) is 29.1 Å². The average molecular weight is 345 g/mol. The highest BCUT2D eigenvalue weighted by Gasteiger charge is 2.21. The van der Waals surface area contributed by atoms with Crippen LogP contribution in [-0.2, 0) is 9.53 Å². The van der Waals surface area contributed by atoms with Crippen molar-refractivity contribution < 1.29 is 9.53 Å². The first-order valence-electron chi connectivity index (χ1n) is 7.72. The molecule has 1 atom stereocenters. The van der Waals surface area contributed by atoms with Gasteiger partial charge in [0, 0.05) is 23.7 Å². The number of rotatable bonds is 5. The predicted molar refractivity (Wildman–Crippen MR) is 95.7 cm³/mol. The van der Waals surface area contributed by atoms with E-state index in [1.165, 1.54) is 4.68 Å². The lowest BCUT2D eigenvalue weighted by atomic mass is 10.2. The van der Waals surface area contributed by atoms with Crippen LogP contribution in [0.5, 0.6) is 0 Å². The third-order valence-electron chi connectivity index (χ3n) is 3.96. The largest absolute Gasteiger partial charge is 0.383 e. The molecular formula is C17H19N3O3S. The summed E-state index contributed by atoms with van der Waals surface area (Å²) in [5.74, 6) is -0.250. The van der Waals surface area contributed by atoms with Gasteiger partial charge in [0.25, 0.3) is 5.56 Å². The average Bonchev–Trinajstić information content (AvgIpc) is 2.98. The zero-order valence-electron chi connectivity index (χ0n) is 13.8. The number of hydrogen-bond acceptors (Lipinski definition) is 5. The Kier molecular flexibility index (Phi) is 4.64. The molecule has 1 aromatic carbocycles. The van der Waals surface area contributed by atoms with E-state index in [0.717, 1.165) is 20.5 Å². The Bertz CT molecular complexity index is 961. The van der Waals surface area contributed by atoms with E-state index in [2.05, 4.69) is 10.4 Å². The Morgan fingerprint density at radius 1 is 1.42 bits per heavy atom. The smallest absolute Gasteiger partial charge is 0.276 e. The van der Waals surface area contributed by atoms with E-state index in [0.29, 0.717) is 18.5 Å². The summed E-state index contributed by atoms with van der Waals surface area (Å²) in [5, 5.41) is 8.66. The van der Waals surface area contributed by atoms with Crippen LogP contribution in [0.3, 0.4) is 0 Å². The number of benzene rings is 1. The quantitative estimate of drug-likeness (QED) is 0.720. The molecule has 1 N–H and O–H groups in total. The van der Waals surface area contributed by atoms with Gasteiger partial charge in [-0.15, -0.1) is 11.3 Å². The van der Waals surface area contributed by atoms with E-state index in [4.69, 9.17) is 4.74 Å². The predicted octanol–water partition coefficient (Wildman–Crippen LogP) is 2.24. The van der Waals surface area contributed by atoms with Gasteiger partial charge >= 0.3 is 0 Å². The fraction of sp³-hybridized carbons (Fsp3) is 0.353. The molecular weight excluding hydrogens is 326 g/mol. The van der Waals surface area contributed by atoms with Gasteiger partial charge in [-0.2, -0.15) is 5.10 Å². The monoisotopic (exact) mass is 345 g/mol. The number of fused-ring (bicyclic) bond motifs is 3. The van der Waals surface area contributed by atoms with Gasteiger partial charge < -0.3 is 10.1 Å². The number of hydrogen-bond donors (Lipinski definition) is 1. The van der Waals surface area contributed by atoms with E-state index in [-0.39, 0.29) is 11.5 Å². The third kappa shape index (κ3) is 2.81. The molecule has 3 aromatic rings. The molecule has 7 heteroatoms. The Morgan fingerprint density at radius 2 is 2.17 bits per heavy atom. The Morgan fingerprint density at radius 3 is 2.92 bits per heavy atom. The summed E-state index contributed by atoms with van der Waals surface area (Å²) in [6.45, 7) is 4.37. The molecule has 0 radical (unpaired) electrons. The first kappa shape index (κ1) is 16.6. The molecule has 0 aliphatic heterocycles. The Balaban J connectivity index is 2.09. The van der Waals surface area contributed by atoms with Gasteiger partial charge in [-0.1, -0.05) is 18.2 Å². The van der Waals surface area contributed by atoms with Crippen molar-refractivity contribution in [3.05, 3.63) is 40.3 Å². The van der Waals surface area contributed by atoms with E-state index in [1.807, 2.05) is 31.2 Å². The maximum absolute atomic E-state index is 12.9. The molecule has 24 heavy (non-hydrogen) atoms. The molecule has 2 aromatic heterocycles. The number of thiophene rings is 1. The SMILES string of the molecule is COCCNC(=O)[C@@H](C)n1nc(C)c2sc3ccccc3c2c1=O. The lowest BCUT2D eigenvalue weighted by Crippen LogP contribution is -2.38. The van der Waals surface area contributed by atoms with Crippen molar-refractivity contribution in [3.8, 4) is 0 Å². The number of methoxy groups -OCH3 is 1. The lowest BCUT2D eigenvalue weighted by Gasteiger charge is -2.15. The number of carbonyl (C=O) groups is 1. The van der Waals surface area contributed by atoms with E-state index >= 15 is 0 Å². The summed E-state index contributed by atoms with van der Waals surface area (Å²) >= 11 is 1.56. The van der Waals surface area contributed by atoms with Gasteiger partial charge in [0.15, 0.2) is 0 Å². The summed E-state index contributed by atoms with van der Waals surface area (Å²) in [6, 6.07) is 7.10. The van der Waals surface area contributed by atoms with Crippen LogP contribution >= 0.6 is 11.3 Å². The minimum Gasteiger partial charge on any atom is -0.383 e. The molecule has 0 spiro atoms. The molecule has 0 saturated carbocycles. The molecule has 0 bridgehead atoms. The number of ether oxygens (including phenoxy) is 1. The van der Waals surface area contributed by atoms with Crippen molar-refractivity contribution in [1.29, 1.82) is 0 Å². The first-order valence-corrected chi connectivity index (χ1v) is 8.53. The summed E-state index contributed by atoms with van der Waals surface area (Å²) in [5.41, 5.74) is 0.518. The molecule has 2 heterocycles. The van der Waals surface area contributed by atoms with Gasteiger partial charge in [-0.25, -0.2) is 4.68 Å². The topological polar surface area (TPSA) is 73.2 Å². The highest BCUT2D eigenvalue weighted by Crippen LogP contribution is 2.32. The molecule has 0 fully saturated rings.